The summed E-state index contributed by atoms with van der Waals surface area (Å²) < 4.78 is 16.0. The van der Waals surface area contributed by atoms with Crippen molar-refractivity contribution in [1.29, 1.82) is 0 Å². The van der Waals surface area contributed by atoms with E-state index in [1.165, 1.54) is 0 Å². The fourth-order valence-electron chi connectivity index (χ4n) is 3.35. The highest BCUT2D eigenvalue weighted by atomic mass is 16.7. The second-order valence-corrected chi connectivity index (χ2v) is 6.49. The van der Waals surface area contributed by atoms with E-state index in [2.05, 4.69) is 10.1 Å². The van der Waals surface area contributed by atoms with E-state index in [9.17, 15) is 4.79 Å². The quantitative estimate of drug-likeness (QED) is 0.862. The van der Waals surface area contributed by atoms with Crippen LogP contribution in [0.25, 0.3) is 0 Å². The Kier molecular flexibility index (Phi) is 3.01. The number of hydrogen-bond donors (Lipinski definition) is 0. The van der Waals surface area contributed by atoms with Crippen LogP contribution in [0.15, 0.2) is 22.7 Å². The number of aromatic nitrogens is 2. The van der Waals surface area contributed by atoms with Crippen molar-refractivity contribution in [2.24, 2.45) is 0 Å². The Hall–Kier alpha value is -2.57. The number of likely N-dealkylation sites (tertiary alicyclic amines) is 1. The smallest absolute Gasteiger partial charge is 0.254 e. The van der Waals surface area contributed by atoms with Crippen molar-refractivity contribution in [3.05, 3.63) is 35.5 Å². The fraction of sp³-hybridized carbons (Fsp3) is 0.471. The zero-order chi connectivity index (χ0) is 16.1. The van der Waals surface area contributed by atoms with Gasteiger partial charge in [0.2, 0.25) is 12.7 Å². The molecule has 7 nitrogen and oxygen atoms in total. The van der Waals surface area contributed by atoms with Crippen molar-refractivity contribution in [2.75, 3.05) is 13.3 Å². The predicted octanol–water partition coefficient (Wildman–Crippen LogP) is 2.65. The number of amides is 1. The number of hydrogen-bond acceptors (Lipinski definition) is 6. The third-order valence-corrected chi connectivity index (χ3v) is 4.82. The Bertz CT molecular complexity index is 799. The number of carbonyl (C=O) groups excluding carboxylic acids is 1. The van der Waals surface area contributed by atoms with Gasteiger partial charge in [0.05, 0.1) is 6.04 Å². The largest absolute Gasteiger partial charge is 0.454 e. The molecule has 3 heterocycles. The molecule has 5 rings (SSSR count). The minimum atomic E-state index is -0.112. The van der Waals surface area contributed by atoms with E-state index in [0.717, 1.165) is 25.7 Å². The van der Waals surface area contributed by atoms with E-state index in [1.54, 1.807) is 18.2 Å². The zero-order valence-electron chi connectivity index (χ0n) is 13.1. The van der Waals surface area contributed by atoms with Crippen LogP contribution in [0.2, 0.25) is 0 Å². The summed E-state index contributed by atoms with van der Waals surface area (Å²) in [5, 5.41) is 4.12. The average Bonchev–Trinajstić information content (AvgIpc) is 3.06. The molecule has 2 aliphatic heterocycles. The summed E-state index contributed by atoms with van der Waals surface area (Å²) in [6, 6.07) is 5.18. The lowest BCUT2D eigenvalue weighted by atomic mass is 10.1. The summed E-state index contributed by atoms with van der Waals surface area (Å²) in [5.74, 6) is 3.03. The number of rotatable bonds is 3. The Morgan fingerprint density at radius 3 is 2.92 bits per heavy atom. The first-order valence-electron chi connectivity index (χ1n) is 8.34. The first-order chi connectivity index (χ1) is 11.8. The van der Waals surface area contributed by atoms with Crippen LogP contribution >= 0.6 is 0 Å². The molecule has 0 spiro atoms. The van der Waals surface area contributed by atoms with Crippen molar-refractivity contribution in [1.82, 2.24) is 15.0 Å². The van der Waals surface area contributed by atoms with Crippen LogP contribution in [0.1, 0.15) is 59.7 Å². The van der Waals surface area contributed by atoms with Crippen molar-refractivity contribution in [2.45, 2.75) is 37.6 Å². The molecule has 24 heavy (non-hydrogen) atoms. The van der Waals surface area contributed by atoms with E-state index in [0.29, 0.717) is 41.2 Å². The van der Waals surface area contributed by atoms with Crippen LogP contribution in [-0.2, 0) is 0 Å². The third kappa shape index (κ3) is 2.23. The standard InChI is InChI=1S/C17H17N3O4/c21-17(11-5-6-13-14(8-11)23-9-22-13)20-7-1-2-12(20)15-18-16(24-19-15)10-3-4-10/h5-6,8,10,12H,1-4,7,9H2/t12-/m0/s1. The van der Waals surface area contributed by atoms with Crippen molar-refractivity contribution >= 4 is 5.91 Å². The molecule has 1 aliphatic carbocycles. The maximum Gasteiger partial charge on any atom is 0.254 e. The average molecular weight is 327 g/mol. The van der Waals surface area contributed by atoms with Crippen molar-refractivity contribution in [3.8, 4) is 11.5 Å². The normalized spacial score (nSPS) is 22.2. The second kappa shape index (κ2) is 5.22. The van der Waals surface area contributed by atoms with Crippen molar-refractivity contribution < 1.29 is 18.8 Å². The van der Waals surface area contributed by atoms with Gasteiger partial charge in [-0.2, -0.15) is 4.98 Å². The van der Waals surface area contributed by atoms with Gasteiger partial charge in [-0.15, -0.1) is 0 Å². The highest BCUT2D eigenvalue weighted by molar-refractivity contribution is 5.95. The molecule has 1 aromatic heterocycles. The van der Waals surface area contributed by atoms with E-state index in [1.807, 2.05) is 4.90 Å². The monoisotopic (exact) mass is 327 g/mol. The van der Waals surface area contributed by atoms with Crippen molar-refractivity contribution in [3.63, 3.8) is 0 Å². The molecule has 1 saturated carbocycles. The molecule has 1 saturated heterocycles. The Labute approximate surface area is 138 Å². The Morgan fingerprint density at radius 1 is 1.17 bits per heavy atom. The molecule has 2 aromatic rings. The van der Waals surface area contributed by atoms with Crippen LogP contribution in [0.5, 0.6) is 11.5 Å². The van der Waals surface area contributed by atoms with E-state index in [4.69, 9.17) is 14.0 Å². The summed E-state index contributed by atoms with van der Waals surface area (Å²) in [6.07, 6.45) is 4.03. The van der Waals surface area contributed by atoms with Crippen LogP contribution in [-0.4, -0.2) is 34.3 Å². The first kappa shape index (κ1) is 13.8. The number of benzene rings is 1. The topological polar surface area (TPSA) is 77.7 Å². The predicted molar refractivity (Wildman–Crippen MR) is 81.8 cm³/mol. The van der Waals surface area contributed by atoms with Gasteiger partial charge < -0.3 is 18.9 Å². The summed E-state index contributed by atoms with van der Waals surface area (Å²) >= 11 is 0. The molecule has 1 aromatic carbocycles. The molecule has 0 bridgehead atoms. The van der Waals surface area contributed by atoms with Gasteiger partial charge in [0.15, 0.2) is 17.3 Å². The SMILES string of the molecule is O=C(c1ccc2c(c1)OCO2)N1CCC[C@H]1c1noc(C2CC2)n1. The number of nitrogens with zero attached hydrogens (tertiary/aromatic N) is 3. The summed E-state index contributed by atoms with van der Waals surface area (Å²) in [4.78, 5) is 19.3. The van der Waals surface area contributed by atoms with Gasteiger partial charge in [-0.1, -0.05) is 5.16 Å². The Balaban J connectivity index is 1.40. The highest BCUT2D eigenvalue weighted by Crippen LogP contribution is 2.40. The molecule has 3 aliphatic rings. The van der Waals surface area contributed by atoms with Crippen LogP contribution in [0, 0.1) is 0 Å². The summed E-state index contributed by atoms with van der Waals surface area (Å²) in [7, 11) is 0. The fourth-order valence-corrected chi connectivity index (χ4v) is 3.35. The van der Waals surface area contributed by atoms with E-state index >= 15 is 0 Å². The molecule has 0 radical (unpaired) electrons. The van der Waals surface area contributed by atoms with Gasteiger partial charge in [0.1, 0.15) is 0 Å². The van der Waals surface area contributed by atoms with Crippen LogP contribution < -0.4 is 9.47 Å². The highest BCUT2D eigenvalue weighted by Gasteiger charge is 2.36. The molecular weight excluding hydrogens is 310 g/mol. The van der Waals surface area contributed by atoms with Crippen LogP contribution in [0.4, 0.5) is 0 Å². The number of ether oxygens (including phenoxy) is 2. The lowest BCUT2D eigenvalue weighted by Crippen LogP contribution is -2.31. The van der Waals surface area contributed by atoms with Gasteiger partial charge in [0.25, 0.3) is 5.91 Å². The number of fused-ring (bicyclic) bond motifs is 1. The van der Waals surface area contributed by atoms with E-state index < -0.39 is 0 Å². The zero-order valence-corrected chi connectivity index (χ0v) is 13.1. The molecule has 2 fully saturated rings. The van der Waals surface area contributed by atoms with Gasteiger partial charge in [0, 0.05) is 18.0 Å². The first-order valence-corrected chi connectivity index (χ1v) is 8.34. The lowest BCUT2D eigenvalue weighted by Gasteiger charge is -2.22. The minimum absolute atomic E-state index is 0.0337. The van der Waals surface area contributed by atoms with Gasteiger partial charge in [-0.25, -0.2) is 0 Å². The minimum Gasteiger partial charge on any atom is -0.454 e. The molecule has 1 amide bonds. The third-order valence-electron chi connectivity index (χ3n) is 4.82. The van der Waals surface area contributed by atoms with Gasteiger partial charge in [-0.3, -0.25) is 4.79 Å². The maximum atomic E-state index is 12.9. The van der Waals surface area contributed by atoms with Gasteiger partial charge >= 0.3 is 0 Å². The molecule has 1 atom stereocenters. The molecular formula is C17H17N3O4. The summed E-state index contributed by atoms with van der Waals surface area (Å²) in [5.41, 5.74) is 0.595. The molecule has 0 N–H and O–H groups in total. The second-order valence-electron chi connectivity index (χ2n) is 6.49. The molecule has 7 heteroatoms. The van der Waals surface area contributed by atoms with Crippen LogP contribution in [0.3, 0.4) is 0 Å². The lowest BCUT2D eigenvalue weighted by molar-refractivity contribution is 0.0728. The number of carbonyl (C=O) groups is 1. The summed E-state index contributed by atoms with van der Waals surface area (Å²) in [6.45, 7) is 0.900. The van der Waals surface area contributed by atoms with Gasteiger partial charge in [-0.05, 0) is 43.9 Å². The maximum absolute atomic E-state index is 12.9. The Morgan fingerprint density at radius 2 is 2.04 bits per heavy atom. The van der Waals surface area contributed by atoms with E-state index in [-0.39, 0.29) is 18.7 Å². The molecule has 0 unspecified atom stereocenters. The molecule has 124 valence electrons.